The molecule has 0 saturated heterocycles. The van der Waals surface area contributed by atoms with Crippen LogP contribution in [0.15, 0.2) is 12.4 Å². The molecule has 1 heterocycles. The van der Waals surface area contributed by atoms with E-state index in [1.807, 2.05) is 10.8 Å². The summed E-state index contributed by atoms with van der Waals surface area (Å²) in [6.07, 6.45) is 4.46. The Balaban J connectivity index is 2.39. The van der Waals surface area contributed by atoms with Gasteiger partial charge >= 0.3 is 0 Å². The molecule has 1 aromatic rings. The van der Waals surface area contributed by atoms with Gasteiger partial charge in [0, 0.05) is 32.1 Å². The van der Waals surface area contributed by atoms with Gasteiger partial charge in [0.15, 0.2) is 0 Å². The fraction of sp³-hybridized carbons (Fsp3) is 0.625. The Morgan fingerprint density at radius 3 is 3.17 bits per heavy atom. The second kappa shape index (κ2) is 4.77. The average Bonchev–Trinajstić information content (AvgIpc) is 2.52. The lowest BCUT2D eigenvalue weighted by Crippen LogP contribution is -2.08. The zero-order chi connectivity index (χ0) is 8.81. The molecular weight excluding hydrogens is 154 g/mol. The molecular formula is C8H15N3O. The third kappa shape index (κ3) is 2.23. The van der Waals surface area contributed by atoms with Crippen LogP contribution in [-0.2, 0) is 6.54 Å². The van der Waals surface area contributed by atoms with Crippen molar-refractivity contribution in [2.24, 2.45) is 0 Å². The number of aromatic nitrogens is 2. The number of imidazole rings is 1. The van der Waals surface area contributed by atoms with Crippen molar-refractivity contribution in [2.45, 2.75) is 19.9 Å². The lowest BCUT2D eigenvalue weighted by atomic mass is 10.4. The Kier molecular flexibility index (Phi) is 3.60. The van der Waals surface area contributed by atoms with Gasteiger partial charge in [0.1, 0.15) is 0 Å². The molecule has 4 heteroatoms. The number of rotatable bonds is 5. The smallest absolute Gasteiger partial charge is 0.202 e. The Labute approximate surface area is 72.2 Å². The molecule has 12 heavy (non-hydrogen) atoms. The number of hydrogen-bond donors (Lipinski definition) is 2. The molecule has 0 aliphatic heterocycles. The molecule has 0 aliphatic rings. The molecule has 0 saturated carbocycles. The summed E-state index contributed by atoms with van der Waals surface area (Å²) in [5.74, 6) is 0.881. The number of aliphatic hydroxyl groups excluding tert-OH is 1. The van der Waals surface area contributed by atoms with E-state index in [-0.39, 0.29) is 6.61 Å². The van der Waals surface area contributed by atoms with Gasteiger partial charge in [0.2, 0.25) is 5.95 Å². The van der Waals surface area contributed by atoms with E-state index in [4.69, 9.17) is 5.11 Å². The second-order valence-corrected chi connectivity index (χ2v) is 2.54. The number of nitrogens with zero attached hydrogens (tertiary/aromatic N) is 2. The van der Waals surface area contributed by atoms with Crippen LogP contribution in [0.25, 0.3) is 0 Å². The fourth-order valence-corrected chi connectivity index (χ4v) is 1.01. The first-order valence-corrected chi connectivity index (χ1v) is 4.24. The van der Waals surface area contributed by atoms with Crippen LogP contribution in [0, 0.1) is 0 Å². The molecule has 0 aliphatic carbocycles. The summed E-state index contributed by atoms with van der Waals surface area (Å²) in [6, 6.07) is 0. The molecule has 0 unspecified atom stereocenters. The lowest BCUT2D eigenvalue weighted by Gasteiger charge is -2.05. The highest BCUT2D eigenvalue weighted by molar-refractivity contribution is 5.25. The van der Waals surface area contributed by atoms with Crippen molar-refractivity contribution >= 4 is 5.95 Å². The van der Waals surface area contributed by atoms with Crippen LogP contribution in [0.3, 0.4) is 0 Å². The minimum Gasteiger partial charge on any atom is -0.396 e. The van der Waals surface area contributed by atoms with Crippen molar-refractivity contribution in [2.75, 3.05) is 18.5 Å². The minimum absolute atomic E-state index is 0.222. The van der Waals surface area contributed by atoms with Crippen LogP contribution in [0.2, 0.25) is 0 Å². The minimum atomic E-state index is 0.222. The molecule has 1 aromatic heterocycles. The van der Waals surface area contributed by atoms with Gasteiger partial charge < -0.3 is 15.0 Å². The summed E-state index contributed by atoms with van der Waals surface area (Å²) in [7, 11) is 0. The van der Waals surface area contributed by atoms with Gasteiger partial charge in [-0.05, 0) is 13.3 Å². The highest BCUT2D eigenvalue weighted by Gasteiger charge is 1.97. The Bertz CT molecular complexity index is 222. The topological polar surface area (TPSA) is 50.1 Å². The quantitative estimate of drug-likeness (QED) is 0.638. The summed E-state index contributed by atoms with van der Waals surface area (Å²) >= 11 is 0. The molecule has 0 spiro atoms. The SMILES string of the molecule is CCn1ccnc1NCCCO. The molecule has 0 fully saturated rings. The van der Waals surface area contributed by atoms with Gasteiger partial charge in [-0.1, -0.05) is 0 Å². The van der Waals surface area contributed by atoms with Crippen molar-refractivity contribution in [1.82, 2.24) is 9.55 Å². The molecule has 1 rings (SSSR count). The van der Waals surface area contributed by atoms with Gasteiger partial charge in [-0.3, -0.25) is 0 Å². The number of hydrogen-bond acceptors (Lipinski definition) is 3. The molecule has 0 atom stereocenters. The van der Waals surface area contributed by atoms with E-state index in [0.29, 0.717) is 0 Å². The van der Waals surface area contributed by atoms with Gasteiger partial charge in [-0.25, -0.2) is 4.98 Å². The summed E-state index contributed by atoms with van der Waals surface area (Å²) in [5.41, 5.74) is 0. The number of anilines is 1. The van der Waals surface area contributed by atoms with Crippen LogP contribution < -0.4 is 5.32 Å². The predicted octanol–water partition coefficient (Wildman–Crippen LogP) is 0.697. The van der Waals surface area contributed by atoms with Gasteiger partial charge in [-0.15, -0.1) is 0 Å². The summed E-state index contributed by atoms with van der Waals surface area (Å²) in [6.45, 7) is 3.98. The van der Waals surface area contributed by atoms with E-state index in [1.165, 1.54) is 0 Å². The zero-order valence-corrected chi connectivity index (χ0v) is 7.32. The Morgan fingerprint density at radius 2 is 2.50 bits per heavy atom. The number of nitrogens with one attached hydrogen (secondary N) is 1. The van der Waals surface area contributed by atoms with Crippen molar-refractivity contribution in [3.63, 3.8) is 0 Å². The first-order valence-electron chi connectivity index (χ1n) is 4.24. The maximum Gasteiger partial charge on any atom is 0.202 e. The van der Waals surface area contributed by atoms with Gasteiger partial charge in [0.25, 0.3) is 0 Å². The third-order valence-corrected chi connectivity index (χ3v) is 1.67. The normalized spacial score (nSPS) is 10.2. The average molecular weight is 169 g/mol. The van der Waals surface area contributed by atoms with Crippen LogP contribution in [-0.4, -0.2) is 27.8 Å². The first kappa shape index (κ1) is 9.06. The maximum atomic E-state index is 8.55. The highest BCUT2D eigenvalue weighted by atomic mass is 16.3. The van der Waals surface area contributed by atoms with Gasteiger partial charge in [-0.2, -0.15) is 0 Å². The van der Waals surface area contributed by atoms with Crippen molar-refractivity contribution in [3.8, 4) is 0 Å². The lowest BCUT2D eigenvalue weighted by molar-refractivity contribution is 0.292. The van der Waals surface area contributed by atoms with E-state index in [2.05, 4.69) is 17.2 Å². The van der Waals surface area contributed by atoms with E-state index < -0.39 is 0 Å². The largest absolute Gasteiger partial charge is 0.396 e. The molecule has 0 aromatic carbocycles. The van der Waals surface area contributed by atoms with E-state index in [9.17, 15) is 0 Å². The zero-order valence-electron chi connectivity index (χ0n) is 7.32. The number of aliphatic hydroxyl groups is 1. The fourth-order valence-electron chi connectivity index (χ4n) is 1.01. The Hall–Kier alpha value is -1.03. The van der Waals surface area contributed by atoms with E-state index in [0.717, 1.165) is 25.5 Å². The standard InChI is InChI=1S/C8H15N3O/c1-2-11-6-5-10-8(11)9-4-3-7-12/h5-6,12H,2-4,7H2,1H3,(H,9,10). The molecule has 0 amide bonds. The molecule has 0 bridgehead atoms. The van der Waals surface area contributed by atoms with Gasteiger partial charge in [0.05, 0.1) is 0 Å². The van der Waals surface area contributed by atoms with Crippen LogP contribution >= 0.6 is 0 Å². The molecule has 68 valence electrons. The van der Waals surface area contributed by atoms with E-state index in [1.54, 1.807) is 6.20 Å². The Morgan fingerprint density at radius 1 is 1.67 bits per heavy atom. The molecule has 4 nitrogen and oxygen atoms in total. The first-order chi connectivity index (χ1) is 5.88. The molecule has 0 radical (unpaired) electrons. The molecule has 2 N–H and O–H groups in total. The van der Waals surface area contributed by atoms with Crippen molar-refractivity contribution in [3.05, 3.63) is 12.4 Å². The van der Waals surface area contributed by atoms with E-state index >= 15 is 0 Å². The second-order valence-electron chi connectivity index (χ2n) is 2.54. The summed E-state index contributed by atoms with van der Waals surface area (Å²) in [5, 5.41) is 11.7. The monoisotopic (exact) mass is 169 g/mol. The van der Waals surface area contributed by atoms with Crippen molar-refractivity contribution in [1.29, 1.82) is 0 Å². The summed E-state index contributed by atoms with van der Waals surface area (Å²) in [4.78, 5) is 4.13. The third-order valence-electron chi connectivity index (χ3n) is 1.67. The summed E-state index contributed by atoms with van der Waals surface area (Å²) < 4.78 is 2.03. The maximum absolute atomic E-state index is 8.55. The van der Waals surface area contributed by atoms with Crippen LogP contribution in [0.4, 0.5) is 5.95 Å². The predicted molar refractivity (Wildman–Crippen MR) is 48.1 cm³/mol. The van der Waals surface area contributed by atoms with Crippen LogP contribution in [0.5, 0.6) is 0 Å². The highest BCUT2D eigenvalue weighted by Crippen LogP contribution is 2.02. The van der Waals surface area contributed by atoms with Crippen molar-refractivity contribution < 1.29 is 5.11 Å². The number of aryl methyl sites for hydroxylation is 1. The van der Waals surface area contributed by atoms with Crippen LogP contribution in [0.1, 0.15) is 13.3 Å².